The number of rotatable bonds is 10. The van der Waals surface area contributed by atoms with Crippen LogP contribution in [0.3, 0.4) is 0 Å². The molecule has 0 aliphatic heterocycles. The van der Waals surface area contributed by atoms with Crippen LogP contribution in [0.15, 0.2) is 505 Å². The van der Waals surface area contributed by atoms with Crippen LogP contribution >= 0.6 is 11.3 Å². The van der Waals surface area contributed by atoms with E-state index in [1.54, 1.807) is 18.8 Å². The molecule has 8 aromatic heterocycles. The molecular formula is C132H81N5O3S. The molecule has 0 spiro atoms. The van der Waals surface area contributed by atoms with Crippen molar-refractivity contribution in [1.29, 1.82) is 0 Å². The highest BCUT2D eigenvalue weighted by molar-refractivity contribution is 7.26. The van der Waals surface area contributed by atoms with Crippen molar-refractivity contribution in [1.82, 2.24) is 18.3 Å². The Morgan fingerprint density at radius 2 is 0.489 bits per heavy atom. The van der Waals surface area contributed by atoms with E-state index in [0.29, 0.717) is 0 Å². The third kappa shape index (κ3) is 12.8. The lowest BCUT2D eigenvalue weighted by molar-refractivity contribution is 0.616. The van der Waals surface area contributed by atoms with E-state index >= 15 is 0 Å². The van der Waals surface area contributed by atoms with Gasteiger partial charge in [0.15, 0.2) is 0 Å². The molecule has 31 aromatic rings. The van der Waals surface area contributed by atoms with Crippen molar-refractivity contribution in [2.75, 3.05) is 4.90 Å². The van der Waals surface area contributed by atoms with Crippen molar-refractivity contribution in [3.05, 3.63) is 492 Å². The first-order valence-electron chi connectivity index (χ1n) is 48.0. The second-order valence-electron chi connectivity index (χ2n) is 36.9. The third-order valence-corrected chi connectivity index (χ3v) is 30.4. The highest BCUT2D eigenvalue weighted by Gasteiger charge is 2.26. The van der Waals surface area contributed by atoms with Gasteiger partial charge in [0.2, 0.25) is 0 Å². The molecule has 658 valence electrons. The Labute approximate surface area is 811 Å². The number of para-hydroxylation sites is 10. The van der Waals surface area contributed by atoms with E-state index in [4.69, 9.17) is 13.3 Å². The number of aromatic nitrogens is 4. The Kier molecular flexibility index (Phi) is 18.1. The van der Waals surface area contributed by atoms with Gasteiger partial charge >= 0.3 is 0 Å². The Bertz CT molecular complexity index is 10500. The second-order valence-corrected chi connectivity index (χ2v) is 38.0. The summed E-state index contributed by atoms with van der Waals surface area (Å²) in [5.41, 5.74) is 27.7. The molecule has 141 heavy (non-hydrogen) atoms. The van der Waals surface area contributed by atoms with Crippen molar-refractivity contribution in [2.45, 2.75) is 0 Å². The highest BCUT2D eigenvalue weighted by Crippen LogP contribution is 2.51. The molecule has 0 unspecified atom stereocenters. The van der Waals surface area contributed by atoms with Crippen molar-refractivity contribution < 1.29 is 13.3 Å². The van der Waals surface area contributed by atoms with Crippen LogP contribution in [0.25, 0.3) is 261 Å². The van der Waals surface area contributed by atoms with Gasteiger partial charge in [-0.15, -0.1) is 11.3 Å². The summed E-state index contributed by atoms with van der Waals surface area (Å²) >= 11 is 1.89. The fraction of sp³-hybridized carbons (Fsp3) is 0. The Hall–Kier alpha value is -18.5. The first-order valence-corrected chi connectivity index (χ1v) is 48.8. The summed E-state index contributed by atoms with van der Waals surface area (Å²) in [7, 11) is 0. The summed E-state index contributed by atoms with van der Waals surface area (Å²) in [4.78, 5) is 2.30. The number of benzene rings is 23. The van der Waals surface area contributed by atoms with Gasteiger partial charge < -0.3 is 36.4 Å². The summed E-state index contributed by atoms with van der Waals surface area (Å²) in [6.07, 6.45) is 5.35. The van der Waals surface area contributed by atoms with E-state index in [1.165, 1.54) is 206 Å². The fourth-order valence-electron chi connectivity index (χ4n) is 22.8. The molecule has 8 heterocycles. The third-order valence-electron chi connectivity index (χ3n) is 29.2. The van der Waals surface area contributed by atoms with Gasteiger partial charge in [-0.3, -0.25) is 0 Å². The van der Waals surface area contributed by atoms with Crippen molar-refractivity contribution in [3.63, 3.8) is 0 Å². The lowest BCUT2D eigenvalue weighted by Crippen LogP contribution is -2.09. The Morgan fingerprint density at radius 1 is 0.170 bits per heavy atom. The molecule has 0 saturated heterocycles. The summed E-state index contributed by atoms with van der Waals surface area (Å²) in [6, 6.07) is 172. The van der Waals surface area contributed by atoms with Gasteiger partial charge in [0.25, 0.3) is 0 Å². The molecule has 0 aliphatic carbocycles. The maximum absolute atomic E-state index is 5.91. The van der Waals surface area contributed by atoms with Gasteiger partial charge in [-0.25, -0.2) is 0 Å². The predicted molar refractivity (Wildman–Crippen MR) is 595 cm³/mol. The van der Waals surface area contributed by atoms with E-state index in [0.717, 1.165) is 72.4 Å². The molecule has 8 nitrogen and oxygen atoms in total. The van der Waals surface area contributed by atoms with Crippen LogP contribution in [-0.2, 0) is 0 Å². The van der Waals surface area contributed by atoms with Gasteiger partial charge in [0, 0.05) is 125 Å². The topological polar surface area (TPSA) is 62.4 Å². The monoisotopic (exact) mass is 1820 g/mol. The van der Waals surface area contributed by atoms with Crippen LogP contribution in [0.4, 0.5) is 17.1 Å². The smallest absolute Gasteiger partial charge is 0.134 e. The number of hydrogen-bond acceptors (Lipinski definition) is 5. The summed E-state index contributed by atoms with van der Waals surface area (Å²) in [6.45, 7) is 0. The van der Waals surface area contributed by atoms with E-state index in [9.17, 15) is 0 Å². The molecular weight excluding hydrogens is 1740 g/mol. The van der Waals surface area contributed by atoms with E-state index in [1.807, 2.05) is 11.3 Å². The van der Waals surface area contributed by atoms with Gasteiger partial charge in [-0.2, -0.15) is 0 Å². The van der Waals surface area contributed by atoms with Crippen LogP contribution in [0.1, 0.15) is 0 Å². The Balaban J connectivity index is 0.000000102. The number of thiophene rings is 1. The van der Waals surface area contributed by atoms with Crippen molar-refractivity contribution in [2.24, 2.45) is 0 Å². The lowest BCUT2D eigenvalue weighted by Gasteiger charge is -2.25. The number of anilines is 3. The average molecular weight is 1820 g/mol. The standard InChI is InChI=1S/C46H28N2O.C46H30N2O.C40H23NOS/c1-3-11-32(12-4-1)47-42-17-9-7-15-34(42)40-23-29(19-20-44(40)47)36-25-31-26-46-30(21-22-49-46)24-37(31)39-28-45-41(27-38(36)39)35-16-8-10-18-43(35)48(45)33-13-5-2-6-14-33;1-4-12-34(13-5-1)47(35-14-6-2-7-15-35)37-22-20-31(21-23-37)39-27-33-28-46-32(24-25-49-46)26-40(33)42-30-45-43(29-41(39)42)38-18-10-11-19-44(38)48(45)36-16-8-3-9-17-36;1-2-9-26(10-3-1)41-36-15-6-4-11-27(36)35-22-33-32(30-14-8-13-29-28-12-5-7-16-39(28)43-40(29)30)20-25-21-38-24(17-18-42-38)19-31(25)34(33)23-37(35)41/h1-28H;1-30H;1-23H. The van der Waals surface area contributed by atoms with E-state index < -0.39 is 0 Å². The van der Waals surface area contributed by atoms with Crippen molar-refractivity contribution in [3.8, 4) is 56.1 Å². The number of nitrogens with zero attached hydrogens (tertiary/aromatic N) is 5. The first kappa shape index (κ1) is 79.8. The molecule has 23 aromatic carbocycles. The minimum absolute atomic E-state index is 0.897. The molecule has 0 fully saturated rings. The fourth-order valence-corrected chi connectivity index (χ4v) is 24.1. The maximum Gasteiger partial charge on any atom is 0.134 e. The number of furan rings is 3. The molecule has 0 bridgehead atoms. The summed E-state index contributed by atoms with van der Waals surface area (Å²) < 4.78 is 29.9. The largest absolute Gasteiger partial charge is 0.464 e. The molecule has 9 heteroatoms. The molecule has 0 amide bonds. The highest BCUT2D eigenvalue weighted by atomic mass is 32.1. The minimum Gasteiger partial charge on any atom is -0.464 e. The normalized spacial score (nSPS) is 12.0. The quantitative estimate of drug-likeness (QED) is 0.128. The minimum atomic E-state index is 0.897. The van der Waals surface area contributed by atoms with Gasteiger partial charge in [0.1, 0.15) is 16.7 Å². The predicted octanol–water partition coefficient (Wildman–Crippen LogP) is 37.4. The second kappa shape index (κ2) is 32.1. The lowest BCUT2D eigenvalue weighted by atomic mass is 9.91. The van der Waals surface area contributed by atoms with Gasteiger partial charge in [-0.1, -0.05) is 237 Å². The van der Waals surface area contributed by atoms with Crippen molar-refractivity contribution >= 4 is 233 Å². The maximum atomic E-state index is 5.91. The summed E-state index contributed by atoms with van der Waals surface area (Å²) in [5.74, 6) is 0. The van der Waals surface area contributed by atoms with Crippen LogP contribution in [0.5, 0.6) is 0 Å². The van der Waals surface area contributed by atoms with Crippen LogP contribution in [0, 0.1) is 0 Å². The molecule has 0 N–H and O–H groups in total. The van der Waals surface area contributed by atoms with Crippen LogP contribution in [-0.4, -0.2) is 18.3 Å². The zero-order valence-corrected chi connectivity index (χ0v) is 77.0. The molecule has 31 rings (SSSR count). The SMILES string of the molecule is c1ccc(-n2c3ccccc3c3cc(-c4cc5cc6occc6cc5c5cc6c(cc45)c4ccccc4n6-c4ccccc4)ccc32)cc1.c1ccc(-n2c3ccccc3c3cc4c(-c5cccc6c5sc5ccccc56)cc5cc6occc6cc5c4cc32)cc1.c1ccc(N(c2ccccc2)c2ccc(-c3cc4cc5occc5cc4c4cc5c(cc34)c3ccccc3n5-c3ccccc3)cc2)cc1. The number of hydrogen-bond donors (Lipinski definition) is 0. The number of fused-ring (bicyclic) bond motifs is 27. The molecule has 0 saturated carbocycles. The van der Waals surface area contributed by atoms with Gasteiger partial charge in [-0.05, 0) is 329 Å². The molecule has 0 radical (unpaired) electrons. The molecule has 0 atom stereocenters. The first-order chi connectivity index (χ1) is 69.9. The molecule has 0 aliphatic rings. The van der Waals surface area contributed by atoms with E-state index in [-0.39, 0.29) is 0 Å². The average Bonchev–Trinajstić information content (AvgIpc) is 1.34. The zero-order valence-electron chi connectivity index (χ0n) is 76.1. The Morgan fingerprint density at radius 3 is 0.908 bits per heavy atom. The summed E-state index contributed by atoms with van der Waals surface area (Å²) in [5, 5.41) is 30.6. The van der Waals surface area contributed by atoms with Crippen LogP contribution in [0.2, 0.25) is 0 Å². The van der Waals surface area contributed by atoms with Crippen LogP contribution < -0.4 is 4.90 Å². The zero-order chi connectivity index (χ0) is 92.4. The van der Waals surface area contributed by atoms with Gasteiger partial charge in [0.05, 0.1) is 62.9 Å². The van der Waals surface area contributed by atoms with E-state index in [2.05, 4.69) is 496 Å².